The summed E-state index contributed by atoms with van der Waals surface area (Å²) in [5.41, 5.74) is 2.30. The van der Waals surface area contributed by atoms with Crippen molar-refractivity contribution in [2.45, 2.75) is 64.3 Å². The predicted octanol–water partition coefficient (Wildman–Crippen LogP) is 3.40. The lowest BCUT2D eigenvalue weighted by molar-refractivity contribution is 0.741. The highest BCUT2D eigenvalue weighted by atomic mass is 15.2. The minimum atomic E-state index is 0.580. The van der Waals surface area contributed by atoms with Gasteiger partial charge in [0.2, 0.25) is 5.95 Å². The van der Waals surface area contributed by atoms with Gasteiger partial charge in [0.25, 0.3) is 0 Å². The summed E-state index contributed by atoms with van der Waals surface area (Å²) in [6, 6.07) is 0.580. The van der Waals surface area contributed by atoms with Gasteiger partial charge in [0.15, 0.2) is 5.82 Å². The fourth-order valence-corrected chi connectivity index (χ4v) is 3.17. The number of nitrogens with zero attached hydrogens (tertiary/aromatic N) is 2. The van der Waals surface area contributed by atoms with Crippen LogP contribution in [0.4, 0.5) is 17.5 Å². The van der Waals surface area contributed by atoms with Gasteiger partial charge in [-0.25, -0.2) is 4.98 Å². The minimum absolute atomic E-state index is 0.580. The molecule has 116 valence electrons. The Morgan fingerprint density at radius 2 is 2.05 bits per heavy atom. The number of aryl methyl sites for hydroxylation is 1. The van der Waals surface area contributed by atoms with Crippen molar-refractivity contribution in [1.82, 2.24) is 9.97 Å². The molecule has 1 fully saturated rings. The molecule has 1 aromatic heterocycles. The van der Waals surface area contributed by atoms with Crippen molar-refractivity contribution in [2.75, 3.05) is 29.0 Å². The van der Waals surface area contributed by atoms with E-state index < -0.39 is 0 Å². The van der Waals surface area contributed by atoms with Crippen molar-refractivity contribution < 1.29 is 0 Å². The molecular weight excluding hydrogens is 262 g/mol. The van der Waals surface area contributed by atoms with Crippen LogP contribution in [0.5, 0.6) is 0 Å². The fourth-order valence-electron chi connectivity index (χ4n) is 3.17. The highest BCUT2D eigenvalue weighted by Gasteiger charge is 2.21. The fraction of sp³-hybridized carbons (Fsp3) is 0.750. The third-order valence-corrected chi connectivity index (χ3v) is 4.39. The third-order valence-electron chi connectivity index (χ3n) is 4.39. The van der Waals surface area contributed by atoms with Crippen molar-refractivity contribution >= 4 is 17.5 Å². The highest BCUT2D eigenvalue weighted by molar-refractivity contribution is 5.70. The van der Waals surface area contributed by atoms with Crippen LogP contribution in [-0.4, -0.2) is 29.1 Å². The molecule has 3 rings (SSSR count). The average molecular weight is 289 g/mol. The summed E-state index contributed by atoms with van der Waals surface area (Å²) in [6.07, 6.45) is 9.74. The van der Waals surface area contributed by atoms with Gasteiger partial charge in [-0.15, -0.1) is 0 Å². The quantitative estimate of drug-likeness (QED) is 0.701. The van der Waals surface area contributed by atoms with E-state index in [1.54, 1.807) is 0 Å². The Kier molecular flexibility index (Phi) is 4.78. The van der Waals surface area contributed by atoms with Gasteiger partial charge in [0.05, 0.1) is 11.4 Å². The van der Waals surface area contributed by atoms with Crippen LogP contribution >= 0.6 is 0 Å². The Balaban J connectivity index is 1.78. The van der Waals surface area contributed by atoms with E-state index >= 15 is 0 Å². The number of aromatic nitrogens is 2. The van der Waals surface area contributed by atoms with Crippen molar-refractivity contribution in [2.24, 2.45) is 0 Å². The molecule has 0 atom stereocenters. The van der Waals surface area contributed by atoms with E-state index in [0.717, 1.165) is 55.5 Å². The van der Waals surface area contributed by atoms with Crippen molar-refractivity contribution in [3.8, 4) is 0 Å². The number of anilines is 3. The Labute approximate surface area is 127 Å². The predicted molar refractivity (Wildman–Crippen MR) is 88.1 cm³/mol. The number of fused-ring (bicyclic) bond motifs is 1. The molecule has 0 aromatic carbocycles. The van der Waals surface area contributed by atoms with Crippen molar-refractivity contribution in [1.29, 1.82) is 0 Å². The largest absolute Gasteiger partial charge is 0.381 e. The van der Waals surface area contributed by atoms with E-state index in [0.29, 0.717) is 6.04 Å². The number of hydrogen-bond acceptors (Lipinski definition) is 5. The number of unbranched alkanes of at least 4 members (excludes halogenated alkanes) is 1. The molecule has 3 N–H and O–H groups in total. The standard InChI is InChI=1S/C16H27N5/c1-2-3-10-18-16-20-13-9-6-11-17-14(13)15(21-16)19-12-7-4-5-8-12/h12,17H,2-11H2,1H3,(H2,18,19,20,21). The molecule has 2 heterocycles. The summed E-state index contributed by atoms with van der Waals surface area (Å²) < 4.78 is 0. The van der Waals surface area contributed by atoms with Gasteiger partial charge in [-0.3, -0.25) is 0 Å². The molecule has 1 saturated carbocycles. The van der Waals surface area contributed by atoms with E-state index in [-0.39, 0.29) is 0 Å². The first kappa shape index (κ1) is 14.4. The molecule has 21 heavy (non-hydrogen) atoms. The Hall–Kier alpha value is -1.52. The molecule has 1 aliphatic carbocycles. The smallest absolute Gasteiger partial charge is 0.225 e. The lowest BCUT2D eigenvalue weighted by atomic mass is 10.1. The second-order valence-corrected chi connectivity index (χ2v) is 6.15. The van der Waals surface area contributed by atoms with Crippen molar-refractivity contribution in [3.63, 3.8) is 0 Å². The van der Waals surface area contributed by atoms with Gasteiger partial charge in [0, 0.05) is 19.1 Å². The molecule has 0 bridgehead atoms. The van der Waals surface area contributed by atoms with Crippen LogP contribution in [0, 0.1) is 0 Å². The molecule has 5 heteroatoms. The van der Waals surface area contributed by atoms with Crippen LogP contribution in [0.15, 0.2) is 0 Å². The average Bonchev–Trinajstić information content (AvgIpc) is 3.01. The Morgan fingerprint density at radius 3 is 2.86 bits per heavy atom. The molecule has 5 nitrogen and oxygen atoms in total. The molecule has 2 aliphatic rings. The second kappa shape index (κ2) is 6.96. The van der Waals surface area contributed by atoms with E-state index in [1.807, 2.05) is 0 Å². The summed E-state index contributed by atoms with van der Waals surface area (Å²) in [4.78, 5) is 9.42. The summed E-state index contributed by atoms with van der Waals surface area (Å²) >= 11 is 0. The van der Waals surface area contributed by atoms with E-state index in [4.69, 9.17) is 9.97 Å². The first-order valence-electron chi connectivity index (χ1n) is 8.52. The summed E-state index contributed by atoms with van der Waals surface area (Å²) in [5.74, 6) is 1.79. The Morgan fingerprint density at radius 1 is 1.19 bits per heavy atom. The van der Waals surface area contributed by atoms with Gasteiger partial charge < -0.3 is 16.0 Å². The topological polar surface area (TPSA) is 61.9 Å². The summed E-state index contributed by atoms with van der Waals surface area (Å²) in [5, 5.41) is 10.5. The molecule has 0 radical (unpaired) electrons. The SMILES string of the molecule is CCCCNc1nc2c(c(NC3CCCC3)n1)NCCC2. The molecule has 1 aromatic rings. The molecule has 0 spiro atoms. The zero-order valence-corrected chi connectivity index (χ0v) is 13.0. The van der Waals surface area contributed by atoms with Gasteiger partial charge in [-0.05, 0) is 32.1 Å². The van der Waals surface area contributed by atoms with Crippen LogP contribution in [0.25, 0.3) is 0 Å². The van der Waals surface area contributed by atoms with Crippen LogP contribution < -0.4 is 16.0 Å². The lowest BCUT2D eigenvalue weighted by Gasteiger charge is -2.23. The maximum Gasteiger partial charge on any atom is 0.225 e. The van der Waals surface area contributed by atoms with E-state index in [1.165, 1.54) is 32.1 Å². The van der Waals surface area contributed by atoms with Crippen LogP contribution in [0.2, 0.25) is 0 Å². The zero-order chi connectivity index (χ0) is 14.5. The lowest BCUT2D eigenvalue weighted by Crippen LogP contribution is -2.22. The van der Waals surface area contributed by atoms with Crippen LogP contribution in [0.3, 0.4) is 0 Å². The number of nitrogens with one attached hydrogen (secondary N) is 3. The Bertz CT molecular complexity index is 468. The van der Waals surface area contributed by atoms with Gasteiger partial charge >= 0.3 is 0 Å². The molecular formula is C16H27N5. The number of hydrogen-bond donors (Lipinski definition) is 3. The summed E-state index contributed by atoms with van der Waals surface area (Å²) in [6.45, 7) is 4.18. The monoisotopic (exact) mass is 289 g/mol. The van der Waals surface area contributed by atoms with Crippen LogP contribution in [0.1, 0.15) is 57.6 Å². The highest BCUT2D eigenvalue weighted by Crippen LogP contribution is 2.31. The summed E-state index contributed by atoms with van der Waals surface area (Å²) in [7, 11) is 0. The van der Waals surface area contributed by atoms with Crippen molar-refractivity contribution in [3.05, 3.63) is 5.69 Å². The second-order valence-electron chi connectivity index (χ2n) is 6.15. The maximum atomic E-state index is 4.73. The normalized spacial score (nSPS) is 18.1. The van der Waals surface area contributed by atoms with Crippen LogP contribution in [-0.2, 0) is 6.42 Å². The molecule has 1 aliphatic heterocycles. The van der Waals surface area contributed by atoms with E-state index in [2.05, 4.69) is 22.9 Å². The van der Waals surface area contributed by atoms with Gasteiger partial charge in [-0.2, -0.15) is 4.98 Å². The molecule has 0 amide bonds. The zero-order valence-electron chi connectivity index (χ0n) is 13.0. The first-order valence-corrected chi connectivity index (χ1v) is 8.52. The van der Waals surface area contributed by atoms with Gasteiger partial charge in [-0.1, -0.05) is 26.2 Å². The number of rotatable bonds is 6. The van der Waals surface area contributed by atoms with Gasteiger partial charge in [0.1, 0.15) is 0 Å². The first-order chi connectivity index (χ1) is 10.4. The maximum absolute atomic E-state index is 4.73. The molecule has 0 unspecified atom stereocenters. The van der Waals surface area contributed by atoms with E-state index in [9.17, 15) is 0 Å². The third kappa shape index (κ3) is 3.57. The minimum Gasteiger partial charge on any atom is -0.381 e. The molecule has 0 saturated heterocycles.